The van der Waals surface area contributed by atoms with Gasteiger partial charge >= 0.3 is 6.09 Å². The van der Waals surface area contributed by atoms with E-state index in [1.54, 1.807) is 6.92 Å². The highest BCUT2D eigenvalue weighted by atomic mass is 16.5. The van der Waals surface area contributed by atoms with Gasteiger partial charge in [0, 0.05) is 0 Å². The Morgan fingerprint density at radius 2 is 2.22 bits per heavy atom. The summed E-state index contributed by atoms with van der Waals surface area (Å²) in [5.74, 6) is 0.409. The first kappa shape index (κ1) is 12.0. The van der Waals surface area contributed by atoms with Gasteiger partial charge < -0.3 is 10.1 Å². The fraction of sp³-hybridized carbons (Fsp3) is 0.273. The Balaban J connectivity index is 1.79. The van der Waals surface area contributed by atoms with Crippen LogP contribution in [0.4, 0.5) is 4.79 Å². The van der Waals surface area contributed by atoms with Crippen molar-refractivity contribution in [2.24, 2.45) is 0 Å². The lowest BCUT2D eigenvalue weighted by Crippen LogP contribution is -2.28. The lowest BCUT2D eigenvalue weighted by atomic mass is 10.2. The first-order valence-electron chi connectivity index (χ1n) is 5.46. The summed E-state index contributed by atoms with van der Waals surface area (Å²) < 4.78 is 5.06. The van der Waals surface area contributed by atoms with E-state index < -0.39 is 6.09 Å². The summed E-state index contributed by atoms with van der Waals surface area (Å²) in [4.78, 5) is 11.5. The Labute approximate surface area is 104 Å². The third-order valence-corrected chi connectivity index (χ3v) is 2.30. The molecular weight excluding hydrogens is 234 g/mol. The smallest absolute Gasteiger partial charge is 0.408 e. The van der Waals surface area contributed by atoms with Gasteiger partial charge in [-0.05, 0) is 12.5 Å². The van der Waals surface area contributed by atoms with E-state index in [0.717, 1.165) is 5.56 Å². The van der Waals surface area contributed by atoms with Gasteiger partial charge in [-0.1, -0.05) is 35.5 Å². The molecule has 0 aliphatic heterocycles. The number of carbonyl (C=O) groups is 1. The fourth-order valence-corrected chi connectivity index (χ4v) is 1.36. The average molecular weight is 247 g/mol. The van der Waals surface area contributed by atoms with Crippen molar-refractivity contribution in [3.05, 3.63) is 41.7 Å². The number of H-pyrrole nitrogens is 1. The minimum atomic E-state index is -0.517. The molecule has 0 saturated heterocycles. The SMILES string of the molecule is C[C@@H](NC(=O)OCc1ccccc1)c1nn[nH]n1. The zero-order valence-corrected chi connectivity index (χ0v) is 9.83. The Hall–Kier alpha value is -2.44. The molecule has 1 atom stereocenters. The fourth-order valence-electron chi connectivity index (χ4n) is 1.36. The molecule has 1 heterocycles. The Bertz CT molecular complexity index is 485. The van der Waals surface area contributed by atoms with Gasteiger partial charge in [-0.3, -0.25) is 0 Å². The number of benzene rings is 1. The van der Waals surface area contributed by atoms with Crippen molar-refractivity contribution in [3.8, 4) is 0 Å². The maximum absolute atomic E-state index is 11.5. The Morgan fingerprint density at radius 1 is 1.44 bits per heavy atom. The van der Waals surface area contributed by atoms with Gasteiger partial charge in [0.05, 0.1) is 6.04 Å². The number of aromatic amines is 1. The second-order valence-electron chi connectivity index (χ2n) is 3.70. The molecule has 0 radical (unpaired) electrons. The molecule has 1 aromatic heterocycles. The van der Waals surface area contributed by atoms with E-state index in [-0.39, 0.29) is 12.6 Å². The van der Waals surface area contributed by atoms with Gasteiger partial charge in [0.2, 0.25) is 0 Å². The second kappa shape index (κ2) is 5.76. The number of hydrogen-bond acceptors (Lipinski definition) is 5. The monoisotopic (exact) mass is 247 g/mol. The summed E-state index contributed by atoms with van der Waals surface area (Å²) in [5, 5.41) is 15.9. The molecule has 0 fully saturated rings. The van der Waals surface area contributed by atoms with Gasteiger partial charge in [0.1, 0.15) is 6.61 Å². The summed E-state index contributed by atoms with van der Waals surface area (Å²) in [7, 11) is 0. The molecule has 0 spiro atoms. The predicted octanol–water partition coefficient (Wildman–Crippen LogP) is 1.19. The van der Waals surface area contributed by atoms with Crippen LogP contribution in [0.25, 0.3) is 0 Å². The number of ether oxygens (including phenoxy) is 1. The number of carbonyl (C=O) groups excluding carboxylic acids is 1. The lowest BCUT2D eigenvalue weighted by molar-refractivity contribution is 0.136. The highest BCUT2D eigenvalue weighted by Crippen LogP contribution is 2.05. The molecule has 2 aromatic rings. The van der Waals surface area contributed by atoms with Crippen molar-refractivity contribution in [2.45, 2.75) is 19.6 Å². The van der Waals surface area contributed by atoms with Gasteiger partial charge in [-0.15, -0.1) is 10.2 Å². The molecular formula is C11H13N5O2. The van der Waals surface area contributed by atoms with Crippen molar-refractivity contribution >= 4 is 6.09 Å². The molecule has 7 nitrogen and oxygen atoms in total. The normalized spacial score (nSPS) is 11.8. The summed E-state index contributed by atoms with van der Waals surface area (Å²) >= 11 is 0. The molecule has 1 aromatic carbocycles. The largest absolute Gasteiger partial charge is 0.445 e. The summed E-state index contributed by atoms with van der Waals surface area (Å²) in [5.41, 5.74) is 0.930. The maximum atomic E-state index is 11.5. The van der Waals surface area contributed by atoms with Crippen LogP contribution in [0.15, 0.2) is 30.3 Å². The first-order valence-corrected chi connectivity index (χ1v) is 5.46. The second-order valence-corrected chi connectivity index (χ2v) is 3.70. The number of amides is 1. The van der Waals surface area contributed by atoms with Gasteiger partial charge in [-0.2, -0.15) is 5.21 Å². The number of nitrogens with zero attached hydrogens (tertiary/aromatic N) is 3. The van der Waals surface area contributed by atoms with Crippen LogP contribution >= 0.6 is 0 Å². The summed E-state index contributed by atoms with van der Waals surface area (Å²) in [6.45, 7) is 1.97. The van der Waals surface area contributed by atoms with Gasteiger partial charge in [0.25, 0.3) is 0 Å². The standard InChI is InChI=1S/C11H13N5O2/c1-8(10-13-15-16-14-10)12-11(17)18-7-9-5-3-2-4-6-9/h2-6,8H,7H2,1H3,(H,12,17)(H,13,14,15,16)/t8-/m1/s1. The molecule has 2 N–H and O–H groups in total. The molecule has 1 amide bonds. The first-order chi connectivity index (χ1) is 8.75. The van der Waals surface area contributed by atoms with Crippen LogP contribution in [-0.2, 0) is 11.3 Å². The predicted molar refractivity (Wildman–Crippen MR) is 62.4 cm³/mol. The third-order valence-electron chi connectivity index (χ3n) is 2.30. The number of alkyl carbamates (subject to hydrolysis) is 1. The van der Waals surface area contributed by atoms with E-state index in [2.05, 4.69) is 25.9 Å². The molecule has 7 heteroatoms. The van der Waals surface area contributed by atoms with Crippen LogP contribution in [0.3, 0.4) is 0 Å². The molecule has 0 saturated carbocycles. The van der Waals surface area contributed by atoms with E-state index in [4.69, 9.17) is 4.74 Å². The lowest BCUT2D eigenvalue weighted by Gasteiger charge is -2.10. The van der Waals surface area contributed by atoms with Crippen LogP contribution in [0, 0.1) is 0 Å². The molecule has 0 aliphatic carbocycles. The van der Waals surface area contributed by atoms with E-state index in [1.807, 2.05) is 30.3 Å². The van der Waals surface area contributed by atoms with E-state index in [9.17, 15) is 4.79 Å². The molecule has 2 rings (SSSR count). The summed E-state index contributed by atoms with van der Waals surface area (Å²) in [6.07, 6.45) is -0.517. The van der Waals surface area contributed by atoms with Crippen molar-refractivity contribution < 1.29 is 9.53 Å². The average Bonchev–Trinajstić information content (AvgIpc) is 2.91. The van der Waals surface area contributed by atoms with E-state index in [0.29, 0.717) is 5.82 Å². The zero-order valence-electron chi connectivity index (χ0n) is 9.83. The molecule has 0 unspecified atom stereocenters. The van der Waals surface area contributed by atoms with E-state index in [1.165, 1.54) is 0 Å². The Kier molecular flexibility index (Phi) is 3.85. The maximum Gasteiger partial charge on any atom is 0.408 e. The van der Waals surface area contributed by atoms with E-state index >= 15 is 0 Å². The van der Waals surface area contributed by atoms with Gasteiger partial charge in [-0.25, -0.2) is 4.79 Å². The van der Waals surface area contributed by atoms with Crippen molar-refractivity contribution in [1.82, 2.24) is 25.9 Å². The highest BCUT2D eigenvalue weighted by Gasteiger charge is 2.13. The zero-order chi connectivity index (χ0) is 12.8. The topological polar surface area (TPSA) is 92.8 Å². The summed E-state index contributed by atoms with van der Waals surface area (Å²) in [6, 6.07) is 9.09. The van der Waals surface area contributed by atoms with Crippen LogP contribution in [0.1, 0.15) is 24.4 Å². The molecule has 0 aliphatic rings. The van der Waals surface area contributed by atoms with Crippen LogP contribution < -0.4 is 5.32 Å². The minimum absolute atomic E-state index is 0.228. The molecule has 0 bridgehead atoms. The molecule has 18 heavy (non-hydrogen) atoms. The number of nitrogens with one attached hydrogen (secondary N) is 2. The highest BCUT2D eigenvalue weighted by molar-refractivity contribution is 5.67. The quantitative estimate of drug-likeness (QED) is 0.846. The minimum Gasteiger partial charge on any atom is -0.445 e. The number of rotatable bonds is 4. The Morgan fingerprint density at radius 3 is 2.89 bits per heavy atom. The van der Waals surface area contributed by atoms with Crippen molar-refractivity contribution in [1.29, 1.82) is 0 Å². The number of tetrazole rings is 1. The van der Waals surface area contributed by atoms with Crippen LogP contribution in [0.2, 0.25) is 0 Å². The number of hydrogen-bond donors (Lipinski definition) is 2. The van der Waals surface area contributed by atoms with Crippen molar-refractivity contribution in [3.63, 3.8) is 0 Å². The van der Waals surface area contributed by atoms with Gasteiger partial charge in [0.15, 0.2) is 5.82 Å². The molecule has 94 valence electrons. The van der Waals surface area contributed by atoms with Crippen LogP contribution in [-0.4, -0.2) is 26.7 Å². The van der Waals surface area contributed by atoms with Crippen molar-refractivity contribution in [2.75, 3.05) is 0 Å². The van der Waals surface area contributed by atoms with Crippen LogP contribution in [0.5, 0.6) is 0 Å². The number of aromatic nitrogens is 4. The third kappa shape index (κ3) is 3.27.